The molecule has 0 aliphatic heterocycles. The zero-order valence-electron chi connectivity index (χ0n) is 15.6. The number of nitrogens with one attached hydrogen (secondary N) is 1. The molecule has 0 bridgehead atoms. The second kappa shape index (κ2) is 19.0. The Balaban J connectivity index is -0.000000195. The van der Waals surface area contributed by atoms with E-state index in [0.29, 0.717) is 0 Å². The Morgan fingerprint density at radius 2 is 1.00 bits per heavy atom. The highest BCUT2D eigenvalue weighted by molar-refractivity contribution is 5.82. The number of rotatable bonds is 6. The van der Waals surface area contributed by atoms with Gasteiger partial charge in [0.1, 0.15) is 18.3 Å². The van der Waals surface area contributed by atoms with Gasteiger partial charge >= 0.3 is 5.97 Å². The third kappa shape index (κ3) is 31.0. The SMILES string of the molecule is CC(=O)N[C@@H](C(=O)O)[C@@H](O)[C@H](O)[C@H](O)CO.CC(=O)O.CC(=O)O.CC(=O)O. The van der Waals surface area contributed by atoms with Crippen LogP contribution in [0.1, 0.15) is 27.7 Å². The third-order valence-corrected chi connectivity index (χ3v) is 1.90. The summed E-state index contributed by atoms with van der Waals surface area (Å²) in [5, 5.41) is 68.9. The predicted octanol–water partition coefficient (Wildman–Crippen LogP) is -3.08. The number of aliphatic hydroxyl groups is 4. The molecule has 0 spiro atoms. The van der Waals surface area contributed by atoms with E-state index in [9.17, 15) is 19.8 Å². The van der Waals surface area contributed by atoms with Crippen molar-refractivity contribution < 1.29 is 64.8 Å². The van der Waals surface area contributed by atoms with E-state index >= 15 is 0 Å². The van der Waals surface area contributed by atoms with E-state index in [-0.39, 0.29) is 0 Å². The van der Waals surface area contributed by atoms with Gasteiger partial charge in [-0.15, -0.1) is 0 Å². The minimum Gasteiger partial charge on any atom is -0.481 e. The van der Waals surface area contributed by atoms with Gasteiger partial charge in [-0.05, 0) is 0 Å². The van der Waals surface area contributed by atoms with Gasteiger partial charge in [0.2, 0.25) is 5.91 Å². The van der Waals surface area contributed by atoms with Crippen molar-refractivity contribution in [2.75, 3.05) is 6.61 Å². The van der Waals surface area contributed by atoms with E-state index in [1.165, 1.54) is 0 Å². The van der Waals surface area contributed by atoms with Crippen molar-refractivity contribution >= 4 is 29.8 Å². The normalized spacial score (nSPS) is 13.1. The topological polar surface area (TPSA) is 259 Å². The highest BCUT2D eigenvalue weighted by Gasteiger charge is 2.35. The van der Waals surface area contributed by atoms with Crippen LogP contribution in [0.3, 0.4) is 0 Å². The predicted molar refractivity (Wildman–Crippen MR) is 90.3 cm³/mol. The van der Waals surface area contributed by atoms with Crippen LogP contribution in [0, 0.1) is 0 Å². The first-order valence-electron chi connectivity index (χ1n) is 7.24. The van der Waals surface area contributed by atoms with Crippen LogP contribution in [-0.4, -0.2) is 102 Å². The van der Waals surface area contributed by atoms with Gasteiger partial charge in [0.05, 0.1) is 6.61 Å². The Morgan fingerprint density at radius 3 is 1.18 bits per heavy atom. The van der Waals surface area contributed by atoms with Crippen LogP contribution in [0.4, 0.5) is 0 Å². The van der Waals surface area contributed by atoms with Crippen LogP contribution in [0.25, 0.3) is 0 Å². The summed E-state index contributed by atoms with van der Waals surface area (Å²) >= 11 is 0. The summed E-state index contributed by atoms with van der Waals surface area (Å²) in [5.74, 6) is -4.77. The number of hydrogen-bond donors (Lipinski definition) is 9. The molecule has 0 radical (unpaired) electrons. The molecule has 0 heterocycles. The lowest BCUT2D eigenvalue weighted by molar-refractivity contribution is -0.151. The minimum absolute atomic E-state index is 0.711. The zero-order valence-corrected chi connectivity index (χ0v) is 15.6. The summed E-state index contributed by atoms with van der Waals surface area (Å²) in [5.41, 5.74) is 0. The molecule has 0 aromatic rings. The van der Waals surface area contributed by atoms with Crippen molar-refractivity contribution in [3.05, 3.63) is 0 Å². The Bertz CT molecular complexity index is 453. The van der Waals surface area contributed by atoms with Gasteiger partial charge in [-0.3, -0.25) is 19.2 Å². The molecule has 0 fully saturated rings. The minimum atomic E-state index is -1.93. The quantitative estimate of drug-likeness (QED) is 0.208. The highest BCUT2D eigenvalue weighted by Crippen LogP contribution is 2.05. The van der Waals surface area contributed by atoms with Crippen LogP contribution < -0.4 is 5.32 Å². The molecule has 0 aromatic carbocycles. The maximum Gasteiger partial charge on any atom is 0.329 e. The van der Waals surface area contributed by atoms with Crippen molar-refractivity contribution in [2.45, 2.75) is 52.0 Å². The van der Waals surface area contributed by atoms with Gasteiger partial charge in [0.25, 0.3) is 17.9 Å². The fourth-order valence-corrected chi connectivity index (χ4v) is 1.04. The molecule has 28 heavy (non-hydrogen) atoms. The smallest absolute Gasteiger partial charge is 0.329 e. The van der Waals surface area contributed by atoms with Gasteiger partial charge in [-0.25, -0.2) is 4.79 Å². The average molecular weight is 417 g/mol. The summed E-state index contributed by atoms with van der Waals surface area (Å²) in [7, 11) is 0. The standard InChI is InChI=1S/C8H15NO7.3C2H4O2/c1-3(11)9-5(8(15)16)7(14)6(13)4(12)2-10;3*1-2(3)4/h4-7,10,12-14H,2H2,1H3,(H,9,11)(H,15,16);3*1H3,(H,3,4)/t4-,5-,6-,7-;;;/m1.../s1. The number of carbonyl (C=O) groups is 5. The molecule has 0 saturated carbocycles. The number of aliphatic carboxylic acids is 4. The van der Waals surface area contributed by atoms with Gasteiger partial charge in [0.15, 0.2) is 6.04 Å². The number of carboxylic acids is 4. The third-order valence-electron chi connectivity index (χ3n) is 1.90. The molecule has 14 nitrogen and oxygen atoms in total. The Kier molecular flexibility index (Phi) is 22.2. The Morgan fingerprint density at radius 1 is 0.714 bits per heavy atom. The highest BCUT2D eigenvalue weighted by atomic mass is 16.4. The first kappa shape index (κ1) is 32.8. The second-order valence-corrected chi connectivity index (χ2v) is 4.80. The lowest BCUT2D eigenvalue weighted by Gasteiger charge is -2.26. The number of aliphatic hydroxyl groups excluding tert-OH is 4. The van der Waals surface area contributed by atoms with E-state index < -0.39 is 60.7 Å². The lowest BCUT2D eigenvalue weighted by Crippen LogP contribution is -2.55. The molecular weight excluding hydrogens is 390 g/mol. The van der Waals surface area contributed by atoms with Crippen molar-refractivity contribution in [2.24, 2.45) is 0 Å². The molecule has 0 saturated heterocycles. The molecule has 9 N–H and O–H groups in total. The summed E-state index contributed by atoms with van der Waals surface area (Å²) in [6.07, 6.45) is -5.49. The zero-order chi connectivity index (χ0) is 23.6. The van der Waals surface area contributed by atoms with Gasteiger partial charge < -0.3 is 46.2 Å². The molecule has 4 atom stereocenters. The molecular formula is C14H27NO13. The van der Waals surface area contributed by atoms with Crippen LogP contribution in [0.5, 0.6) is 0 Å². The van der Waals surface area contributed by atoms with Crippen molar-refractivity contribution in [3.8, 4) is 0 Å². The van der Waals surface area contributed by atoms with Crippen molar-refractivity contribution in [1.82, 2.24) is 5.32 Å². The maximum atomic E-state index is 10.7. The molecule has 14 heteroatoms. The molecule has 1 amide bonds. The molecule has 0 unspecified atom stereocenters. The van der Waals surface area contributed by atoms with Crippen LogP contribution >= 0.6 is 0 Å². The average Bonchev–Trinajstić information content (AvgIpc) is 2.48. The van der Waals surface area contributed by atoms with Crippen molar-refractivity contribution in [3.63, 3.8) is 0 Å². The summed E-state index contributed by atoms with van der Waals surface area (Å²) in [4.78, 5) is 48.3. The van der Waals surface area contributed by atoms with E-state index in [1.807, 2.05) is 5.32 Å². The molecule has 0 aliphatic rings. The Hall–Kier alpha value is -2.81. The van der Waals surface area contributed by atoms with Crippen LogP contribution in [0.15, 0.2) is 0 Å². The fourth-order valence-electron chi connectivity index (χ4n) is 1.04. The molecule has 166 valence electrons. The van der Waals surface area contributed by atoms with Gasteiger partial charge in [-0.1, -0.05) is 0 Å². The summed E-state index contributed by atoms with van der Waals surface area (Å²) in [6, 6.07) is -1.76. The first-order valence-corrected chi connectivity index (χ1v) is 7.24. The monoisotopic (exact) mass is 417 g/mol. The van der Waals surface area contributed by atoms with E-state index in [2.05, 4.69) is 0 Å². The number of amides is 1. The number of carboxylic acid groups (broad SMARTS) is 4. The number of carbonyl (C=O) groups excluding carboxylic acids is 1. The second-order valence-electron chi connectivity index (χ2n) is 4.80. The van der Waals surface area contributed by atoms with E-state index in [1.54, 1.807) is 0 Å². The van der Waals surface area contributed by atoms with E-state index in [4.69, 9.17) is 45.0 Å². The summed E-state index contributed by atoms with van der Waals surface area (Å²) in [6.45, 7) is 3.45. The maximum absolute atomic E-state index is 10.7. The van der Waals surface area contributed by atoms with Crippen LogP contribution in [0.2, 0.25) is 0 Å². The summed E-state index contributed by atoms with van der Waals surface area (Å²) < 4.78 is 0. The molecule has 0 rings (SSSR count). The first-order chi connectivity index (χ1) is 12.5. The van der Waals surface area contributed by atoms with E-state index in [0.717, 1.165) is 27.7 Å². The van der Waals surface area contributed by atoms with Gasteiger partial charge in [0, 0.05) is 27.7 Å². The van der Waals surface area contributed by atoms with Gasteiger partial charge in [-0.2, -0.15) is 0 Å². The fraction of sp³-hybridized carbons (Fsp3) is 0.643. The molecule has 0 aliphatic carbocycles. The van der Waals surface area contributed by atoms with Crippen LogP contribution in [-0.2, 0) is 24.0 Å². The molecule has 0 aromatic heterocycles. The largest absolute Gasteiger partial charge is 0.481 e. The van der Waals surface area contributed by atoms with Crippen molar-refractivity contribution in [1.29, 1.82) is 0 Å². The lowest BCUT2D eigenvalue weighted by atomic mass is 10.0. The Labute approximate surface area is 159 Å². The number of hydrogen-bond acceptors (Lipinski definition) is 9.